The molecule has 2 aromatic carbocycles. The van der Waals surface area contributed by atoms with E-state index in [0.29, 0.717) is 0 Å². The third-order valence-electron chi connectivity index (χ3n) is 4.84. The molecule has 32 heavy (non-hydrogen) atoms. The highest BCUT2D eigenvalue weighted by atomic mass is 35.5. The van der Waals surface area contributed by atoms with Crippen molar-refractivity contribution >= 4 is 33.2 Å². The van der Waals surface area contributed by atoms with E-state index in [0.717, 1.165) is 23.4 Å². The first-order valence-corrected chi connectivity index (χ1v) is 11.6. The fourth-order valence-electron chi connectivity index (χ4n) is 3.33. The van der Waals surface area contributed by atoms with Crippen molar-refractivity contribution in [3.05, 3.63) is 92.9 Å². The Morgan fingerprint density at radius 3 is 2.50 bits per heavy atom. The predicted octanol–water partition coefficient (Wildman–Crippen LogP) is 2.77. The molecule has 0 fully saturated rings. The van der Waals surface area contributed by atoms with Crippen LogP contribution in [0.25, 0.3) is 0 Å². The van der Waals surface area contributed by atoms with Gasteiger partial charge in [0.2, 0.25) is 15.6 Å². The number of sulfonamides is 1. The number of para-hydroxylation sites is 1. The average molecular weight is 475 g/mol. The van der Waals surface area contributed by atoms with Crippen molar-refractivity contribution in [2.45, 2.75) is 31.2 Å². The molecule has 3 aromatic rings. The number of halogens is 1. The van der Waals surface area contributed by atoms with Gasteiger partial charge in [-0.1, -0.05) is 35.9 Å². The number of carbonyl (C=O) groups excluding carboxylic acids is 1. The van der Waals surface area contributed by atoms with Crippen molar-refractivity contribution in [3.8, 4) is 0 Å². The van der Waals surface area contributed by atoms with Crippen molar-refractivity contribution in [2.24, 2.45) is 5.14 Å². The standard InChI is InChI=1S/C16H16ClN3O3S.C6H7NO/c1-10-8-11-4-2-3-5-14(11)20(10)19-16(21)12-6-7-13(17)15(9-12)24(18,22)23;1-5-3-2-4-6(8)7-5/h2-7,9-10H,8H2,1H3,(H,19,21)(H2,18,22,23);2-4H,1H3,(H,7,8)/t10-;/m0./s1. The highest BCUT2D eigenvalue weighted by molar-refractivity contribution is 7.89. The maximum atomic E-state index is 12.5. The van der Waals surface area contributed by atoms with Crippen LogP contribution in [0.4, 0.5) is 5.69 Å². The molecule has 0 unspecified atom stereocenters. The molecular weight excluding hydrogens is 452 g/mol. The Bertz CT molecular complexity index is 1310. The molecule has 4 rings (SSSR count). The molecule has 168 valence electrons. The Morgan fingerprint density at radius 1 is 1.16 bits per heavy atom. The first-order chi connectivity index (χ1) is 15.1. The van der Waals surface area contributed by atoms with Crippen molar-refractivity contribution in [1.29, 1.82) is 0 Å². The second-order valence-electron chi connectivity index (χ2n) is 7.38. The maximum absolute atomic E-state index is 12.5. The Kier molecular flexibility index (Phi) is 7.02. The minimum absolute atomic E-state index is 0.0195. The fraction of sp³-hybridized carbons (Fsp3) is 0.182. The number of fused-ring (bicyclic) bond motifs is 1. The van der Waals surface area contributed by atoms with Crippen LogP contribution in [0.1, 0.15) is 28.5 Å². The maximum Gasteiger partial charge on any atom is 0.269 e. The van der Waals surface area contributed by atoms with E-state index in [4.69, 9.17) is 16.7 Å². The number of rotatable bonds is 3. The number of hydrazine groups is 1. The monoisotopic (exact) mass is 474 g/mol. The molecule has 0 spiro atoms. The number of anilines is 1. The summed E-state index contributed by atoms with van der Waals surface area (Å²) in [5.41, 5.74) is 5.92. The molecule has 1 amide bonds. The lowest BCUT2D eigenvalue weighted by Gasteiger charge is -2.25. The number of nitrogens with zero attached hydrogens (tertiary/aromatic N) is 1. The quantitative estimate of drug-likeness (QED) is 0.538. The van der Waals surface area contributed by atoms with E-state index >= 15 is 0 Å². The number of H-pyrrole nitrogens is 1. The number of amides is 1. The number of hydrogen-bond donors (Lipinski definition) is 3. The molecule has 8 nitrogen and oxygen atoms in total. The Hall–Kier alpha value is -3.14. The van der Waals surface area contributed by atoms with Gasteiger partial charge in [0, 0.05) is 17.3 Å². The second kappa shape index (κ2) is 9.56. The number of aryl methyl sites for hydroxylation is 1. The summed E-state index contributed by atoms with van der Waals surface area (Å²) in [5.74, 6) is -0.430. The summed E-state index contributed by atoms with van der Waals surface area (Å²) in [4.78, 5) is 25.3. The summed E-state index contributed by atoms with van der Waals surface area (Å²) in [6, 6.07) is 16.9. The summed E-state index contributed by atoms with van der Waals surface area (Å²) >= 11 is 5.84. The molecule has 10 heteroatoms. The summed E-state index contributed by atoms with van der Waals surface area (Å²) in [5, 5.41) is 6.88. The van der Waals surface area contributed by atoms with Crippen LogP contribution in [0.3, 0.4) is 0 Å². The zero-order chi connectivity index (χ0) is 23.5. The van der Waals surface area contributed by atoms with E-state index in [1.165, 1.54) is 24.3 Å². The number of nitrogens with one attached hydrogen (secondary N) is 2. The minimum atomic E-state index is -4.00. The Morgan fingerprint density at radius 2 is 1.88 bits per heavy atom. The number of aromatic amines is 1. The number of hydrogen-bond acceptors (Lipinski definition) is 5. The molecule has 1 aliphatic rings. The normalized spacial score (nSPS) is 14.9. The van der Waals surface area contributed by atoms with Crippen molar-refractivity contribution in [1.82, 2.24) is 10.4 Å². The van der Waals surface area contributed by atoms with Gasteiger partial charge in [0.1, 0.15) is 4.90 Å². The van der Waals surface area contributed by atoms with Crippen LogP contribution in [-0.2, 0) is 16.4 Å². The molecular formula is C22H23ClN4O4S. The first kappa shape index (κ1) is 23.5. The molecule has 0 bridgehead atoms. The molecule has 1 atom stereocenters. The van der Waals surface area contributed by atoms with Crippen molar-refractivity contribution < 1.29 is 13.2 Å². The van der Waals surface area contributed by atoms with Crippen LogP contribution in [0.2, 0.25) is 5.02 Å². The van der Waals surface area contributed by atoms with Crippen LogP contribution in [0.5, 0.6) is 0 Å². The molecule has 0 saturated heterocycles. The van der Waals surface area contributed by atoms with Gasteiger partial charge in [-0.05, 0) is 56.2 Å². The summed E-state index contributed by atoms with van der Waals surface area (Å²) in [6.45, 7) is 3.85. The Balaban J connectivity index is 0.000000305. The largest absolute Gasteiger partial charge is 0.327 e. The third kappa shape index (κ3) is 5.56. The van der Waals surface area contributed by atoms with Gasteiger partial charge in [-0.15, -0.1) is 0 Å². The van der Waals surface area contributed by atoms with Gasteiger partial charge >= 0.3 is 0 Å². The van der Waals surface area contributed by atoms with Crippen LogP contribution < -0.4 is 21.1 Å². The molecule has 1 aromatic heterocycles. The number of carbonyl (C=O) groups is 1. The molecule has 1 aliphatic heterocycles. The van der Waals surface area contributed by atoms with E-state index in [-0.39, 0.29) is 27.1 Å². The smallest absolute Gasteiger partial charge is 0.269 e. The zero-order valence-electron chi connectivity index (χ0n) is 17.5. The van der Waals surface area contributed by atoms with Crippen molar-refractivity contribution in [2.75, 3.05) is 5.01 Å². The van der Waals surface area contributed by atoms with E-state index in [9.17, 15) is 18.0 Å². The number of pyridine rings is 1. The van der Waals surface area contributed by atoms with Crippen molar-refractivity contribution in [3.63, 3.8) is 0 Å². The number of nitrogens with two attached hydrogens (primary N) is 1. The Labute approximate surface area is 191 Å². The summed E-state index contributed by atoms with van der Waals surface area (Å²) in [6.07, 6.45) is 0.819. The van der Waals surface area contributed by atoms with Gasteiger partial charge in [0.25, 0.3) is 5.91 Å². The third-order valence-corrected chi connectivity index (χ3v) is 6.24. The van der Waals surface area contributed by atoms with E-state index in [1.54, 1.807) is 11.1 Å². The predicted molar refractivity (Wildman–Crippen MR) is 124 cm³/mol. The summed E-state index contributed by atoms with van der Waals surface area (Å²) < 4.78 is 23.1. The van der Waals surface area contributed by atoms with Gasteiger partial charge in [-0.25, -0.2) is 13.6 Å². The lowest BCUT2D eigenvalue weighted by Crippen LogP contribution is -2.45. The van der Waals surface area contributed by atoms with Gasteiger partial charge in [-0.2, -0.15) is 0 Å². The SMILES string of the molecule is C[C@H]1Cc2ccccc2N1NC(=O)c1ccc(Cl)c(S(N)(=O)=O)c1.Cc1cccc(=O)[nH]1. The molecule has 2 heterocycles. The summed E-state index contributed by atoms with van der Waals surface area (Å²) in [7, 11) is -4.00. The number of aromatic nitrogens is 1. The van der Waals surface area contributed by atoms with Crippen LogP contribution in [0, 0.1) is 6.92 Å². The molecule has 0 saturated carbocycles. The average Bonchev–Trinajstić information content (AvgIpc) is 3.03. The van der Waals surface area contributed by atoms with E-state index in [2.05, 4.69) is 10.4 Å². The molecule has 4 N–H and O–H groups in total. The number of primary sulfonamides is 1. The second-order valence-corrected chi connectivity index (χ2v) is 9.32. The van der Waals surface area contributed by atoms with E-state index in [1.807, 2.05) is 44.2 Å². The minimum Gasteiger partial charge on any atom is -0.327 e. The zero-order valence-corrected chi connectivity index (χ0v) is 19.1. The first-order valence-electron chi connectivity index (χ1n) is 9.72. The van der Waals surface area contributed by atoms with Gasteiger partial charge < -0.3 is 4.98 Å². The molecule has 0 radical (unpaired) electrons. The lowest BCUT2D eigenvalue weighted by atomic mass is 10.1. The lowest BCUT2D eigenvalue weighted by molar-refractivity contribution is 0.0946. The van der Waals surface area contributed by atoms with Crippen LogP contribution in [-0.4, -0.2) is 25.4 Å². The van der Waals surface area contributed by atoms with Crippen LogP contribution in [0.15, 0.2) is 70.4 Å². The fourth-order valence-corrected chi connectivity index (χ4v) is 4.40. The highest BCUT2D eigenvalue weighted by Gasteiger charge is 2.27. The number of benzene rings is 2. The van der Waals surface area contributed by atoms with Crippen LogP contribution >= 0.6 is 11.6 Å². The highest BCUT2D eigenvalue weighted by Crippen LogP contribution is 2.30. The van der Waals surface area contributed by atoms with Gasteiger partial charge in [0.15, 0.2) is 0 Å². The topological polar surface area (TPSA) is 125 Å². The van der Waals surface area contributed by atoms with Gasteiger partial charge in [-0.3, -0.25) is 20.0 Å². The van der Waals surface area contributed by atoms with E-state index < -0.39 is 15.9 Å². The van der Waals surface area contributed by atoms with Gasteiger partial charge in [0.05, 0.1) is 16.8 Å². The molecule has 0 aliphatic carbocycles.